The fourth-order valence-electron chi connectivity index (χ4n) is 3.13. The van der Waals surface area contributed by atoms with Crippen LogP contribution < -0.4 is 5.32 Å². The quantitative estimate of drug-likeness (QED) is 0.906. The Morgan fingerprint density at radius 1 is 1.58 bits per heavy atom. The normalized spacial score (nSPS) is 32.9. The molecule has 0 radical (unpaired) electrons. The van der Waals surface area contributed by atoms with Gasteiger partial charge in [0.2, 0.25) is 0 Å². The third kappa shape index (κ3) is 3.14. The van der Waals surface area contributed by atoms with E-state index in [-0.39, 0.29) is 0 Å². The van der Waals surface area contributed by atoms with Gasteiger partial charge in [0.25, 0.3) is 0 Å². The molecule has 1 aliphatic carbocycles. The van der Waals surface area contributed by atoms with Gasteiger partial charge < -0.3 is 5.32 Å². The number of thiazole rings is 1. The van der Waals surface area contributed by atoms with Gasteiger partial charge in [-0.25, -0.2) is 4.98 Å². The van der Waals surface area contributed by atoms with Gasteiger partial charge >= 0.3 is 0 Å². The molecule has 1 N–H and O–H groups in total. The van der Waals surface area contributed by atoms with Gasteiger partial charge in [-0.05, 0) is 25.7 Å². The first-order valence-corrected chi connectivity index (χ1v) is 8.88. The summed E-state index contributed by atoms with van der Waals surface area (Å²) in [5.41, 5.74) is 1.43. The molecule has 1 aliphatic heterocycles. The van der Waals surface area contributed by atoms with Crippen LogP contribution in [0.3, 0.4) is 0 Å². The number of nitrogens with zero attached hydrogens (tertiary/aromatic N) is 2. The minimum atomic E-state index is 0.332. The molecular formula is C14H21N3S2. The summed E-state index contributed by atoms with van der Waals surface area (Å²) in [6.45, 7) is 5.13. The summed E-state index contributed by atoms with van der Waals surface area (Å²) in [4.78, 5) is 9.16. The molecule has 0 aromatic carbocycles. The lowest BCUT2D eigenvalue weighted by atomic mass is 9.78. The molecule has 104 valence electrons. The van der Waals surface area contributed by atoms with Crippen LogP contribution in [0.1, 0.15) is 43.3 Å². The fourth-order valence-corrected chi connectivity index (χ4v) is 4.92. The average molecular weight is 295 g/mol. The molecule has 2 heterocycles. The molecule has 2 atom stereocenters. The monoisotopic (exact) mass is 295 g/mol. The Kier molecular flexibility index (Phi) is 3.85. The van der Waals surface area contributed by atoms with Crippen LogP contribution in [0, 0.1) is 12.8 Å². The molecule has 1 saturated carbocycles. The van der Waals surface area contributed by atoms with E-state index < -0.39 is 0 Å². The average Bonchev–Trinajstić information content (AvgIpc) is 2.94. The van der Waals surface area contributed by atoms with Crippen molar-refractivity contribution in [3.8, 4) is 0 Å². The van der Waals surface area contributed by atoms with Crippen molar-refractivity contribution in [1.29, 1.82) is 0 Å². The summed E-state index contributed by atoms with van der Waals surface area (Å²) in [5.74, 6) is 2.04. The number of nitrogens with one attached hydrogen (secondary N) is 1. The van der Waals surface area contributed by atoms with Gasteiger partial charge in [-0.3, -0.25) is 4.99 Å². The highest BCUT2D eigenvalue weighted by atomic mass is 32.2. The number of rotatable bonds is 2. The topological polar surface area (TPSA) is 37.3 Å². The Bertz CT molecular complexity index is 483. The highest BCUT2D eigenvalue weighted by Gasteiger charge is 2.40. The molecule has 0 bridgehead atoms. The molecule has 0 amide bonds. The molecule has 1 spiro atoms. The number of aryl methyl sites for hydroxylation is 1. The van der Waals surface area contributed by atoms with Crippen molar-refractivity contribution in [3.63, 3.8) is 0 Å². The third-order valence-corrected chi connectivity index (χ3v) is 6.02. The highest BCUT2D eigenvalue weighted by Crippen LogP contribution is 2.38. The van der Waals surface area contributed by atoms with E-state index >= 15 is 0 Å². The number of hydrogen-bond acceptors (Lipinski definition) is 4. The molecule has 1 aromatic rings. The maximum Gasteiger partial charge on any atom is 0.157 e. The predicted molar refractivity (Wildman–Crippen MR) is 83.9 cm³/mol. The maximum absolute atomic E-state index is 4.69. The van der Waals surface area contributed by atoms with Crippen molar-refractivity contribution in [2.75, 3.05) is 5.75 Å². The second kappa shape index (κ2) is 5.44. The van der Waals surface area contributed by atoms with Gasteiger partial charge in [0.1, 0.15) is 0 Å². The van der Waals surface area contributed by atoms with Crippen molar-refractivity contribution in [1.82, 2.24) is 10.3 Å². The lowest BCUT2D eigenvalue weighted by Gasteiger charge is -2.36. The van der Waals surface area contributed by atoms with Crippen LogP contribution in [-0.2, 0) is 6.54 Å². The van der Waals surface area contributed by atoms with Crippen LogP contribution in [0.5, 0.6) is 0 Å². The Balaban J connectivity index is 1.62. The van der Waals surface area contributed by atoms with E-state index in [0.29, 0.717) is 12.1 Å². The molecule has 2 fully saturated rings. The van der Waals surface area contributed by atoms with Gasteiger partial charge in [-0.15, -0.1) is 11.3 Å². The molecule has 3 rings (SSSR count). The Hall–Kier alpha value is -0.550. The van der Waals surface area contributed by atoms with Gasteiger partial charge in [-0.1, -0.05) is 31.5 Å². The van der Waals surface area contributed by atoms with Crippen LogP contribution in [0.15, 0.2) is 10.4 Å². The number of aliphatic imine (C=N–C) groups is 1. The molecule has 1 saturated heterocycles. The zero-order chi connectivity index (χ0) is 13.3. The fraction of sp³-hybridized carbons (Fsp3) is 0.714. The van der Waals surface area contributed by atoms with Crippen LogP contribution >= 0.6 is 23.1 Å². The standard InChI is InChI=1S/C14H21N3S2/c1-10-4-3-5-14(6-10)9-19-13(17-14)15-7-12-8-18-11(2)16-12/h8,10H,3-7,9H2,1-2H3,(H,15,17). The number of hydrogen-bond donors (Lipinski definition) is 1. The first-order valence-electron chi connectivity index (χ1n) is 7.02. The maximum atomic E-state index is 4.69. The number of amidine groups is 1. The zero-order valence-corrected chi connectivity index (χ0v) is 13.2. The van der Waals surface area contributed by atoms with Crippen molar-refractivity contribution < 1.29 is 0 Å². The molecular weight excluding hydrogens is 274 g/mol. The van der Waals surface area contributed by atoms with Crippen LogP contribution in [0.4, 0.5) is 0 Å². The Labute approximate surface area is 123 Å². The van der Waals surface area contributed by atoms with E-state index in [0.717, 1.165) is 21.8 Å². The van der Waals surface area contributed by atoms with Gasteiger partial charge in [-0.2, -0.15) is 0 Å². The lowest BCUT2D eigenvalue weighted by Crippen LogP contribution is -2.47. The van der Waals surface area contributed by atoms with Crippen molar-refractivity contribution >= 4 is 28.3 Å². The van der Waals surface area contributed by atoms with E-state index in [4.69, 9.17) is 4.99 Å². The molecule has 19 heavy (non-hydrogen) atoms. The minimum Gasteiger partial charge on any atom is -0.359 e. The molecule has 3 nitrogen and oxygen atoms in total. The number of thioether (sulfide) groups is 1. The van der Waals surface area contributed by atoms with Crippen molar-refractivity contribution in [2.45, 2.75) is 51.6 Å². The van der Waals surface area contributed by atoms with Crippen LogP contribution in [-0.4, -0.2) is 21.4 Å². The summed E-state index contributed by atoms with van der Waals surface area (Å²) in [6.07, 6.45) is 5.35. The van der Waals surface area contributed by atoms with Crippen molar-refractivity contribution in [2.24, 2.45) is 10.9 Å². The van der Waals surface area contributed by atoms with Crippen LogP contribution in [0.25, 0.3) is 0 Å². The summed E-state index contributed by atoms with van der Waals surface area (Å²) < 4.78 is 0. The summed E-state index contributed by atoms with van der Waals surface area (Å²) in [6, 6.07) is 0. The molecule has 1 aromatic heterocycles. The minimum absolute atomic E-state index is 0.332. The van der Waals surface area contributed by atoms with Gasteiger partial charge in [0.05, 0.1) is 17.2 Å². The second-order valence-corrected chi connectivity index (χ2v) is 7.90. The zero-order valence-electron chi connectivity index (χ0n) is 11.6. The summed E-state index contributed by atoms with van der Waals surface area (Å²) in [5, 5.41) is 8.06. The van der Waals surface area contributed by atoms with E-state index in [9.17, 15) is 0 Å². The molecule has 2 unspecified atom stereocenters. The summed E-state index contributed by atoms with van der Waals surface area (Å²) in [7, 11) is 0. The van der Waals surface area contributed by atoms with E-state index in [1.54, 1.807) is 11.3 Å². The lowest BCUT2D eigenvalue weighted by molar-refractivity contribution is 0.242. The van der Waals surface area contributed by atoms with Crippen LogP contribution in [0.2, 0.25) is 0 Å². The second-order valence-electron chi connectivity index (χ2n) is 5.87. The largest absolute Gasteiger partial charge is 0.359 e. The Morgan fingerprint density at radius 3 is 3.21 bits per heavy atom. The van der Waals surface area contributed by atoms with Gasteiger partial charge in [0.15, 0.2) is 5.17 Å². The molecule has 2 aliphatic rings. The van der Waals surface area contributed by atoms with E-state index in [1.165, 1.54) is 31.4 Å². The van der Waals surface area contributed by atoms with Gasteiger partial charge in [0, 0.05) is 16.7 Å². The van der Waals surface area contributed by atoms with E-state index in [1.807, 2.05) is 18.7 Å². The summed E-state index contributed by atoms with van der Waals surface area (Å²) >= 11 is 3.59. The third-order valence-electron chi connectivity index (χ3n) is 4.00. The predicted octanol–water partition coefficient (Wildman–Crippen LogP) is 3.59. The first kappa shape index (κ1) is 13.4. The van der Waals surface area contributed by atoms with Crippen molar-refractivity contribution in [3.05, 3.63) is 16.1 Å². The first-order chi connectivity index (χ1) is 9.15. The van der Waals surface area contributed by atoms with E-state index in [2.05, 4.69) is 22.6 Å². The smallest absolute Gasteiger partial charge is 0.157 e. The number of aromatic nitrogens is 1. The highest BCUT2D eigenvalue weighted by molar-refractivity contribution is 8.14. The SMILES string of the molecule is Cc1nc(CN=C2NC3(CCCC(C)C3)CS2)cs1. The Morgan fingerprint density at radius 2 is 2.47 bits per heavy atom. The molecule has 5 heteroatoms.